The molecule has 1 aromatic carbocycles. The van der Waals surface area contributed by atoms with E-state index in [1.165, 1.54) is 9.80 Å². The summed E-state index contributed by atoms with van der Waals surface area (Å²) in [4.78, 5) is 58.1. The molecule has 2 aliphatic heterocycles. The lowest BCUT2D eigenvalue weighted by molar-refractivity contribution is -0.142. The van der Waals surface area contributed by atoms with Crippen LogP contribution in [-0.4, -0.2) is 82.7 Å². The van der Waals surface area contributed by atoms with Gasteiger partial charge in [-0.25, -0.2) is 13.2 Å². The van der Waals surface area contributed by atoms with Gasteiger partial charge in [0.25, 0.3) is 5.91 Å². The molecule has 5 aliphatic rings. The Morgan fingerprint density at radius 2 is 1.85 bits per heavy atom. The maximum absolute atomic E-state index is 14.3. The molecule has 5 atom stereocenters. The zero-order valence-corrected chi connectivity index (χ0v) is 29.3. The number of nitrogens with zero attached hydrogens (tertiary/aromatic N) is 2. The molecule has 4 amide bonds. The maximum atomic E-state index is 14.3. The lowest BCUT2D eigenvalue weighted by atomic mass is 9.83. The quantitative estimate of drug-likeness (QED) is 0.262. The van der Waals surface area contributed by atoms with E-state index in [1.807, 2.05) is 19.1 Å². The highest BCUT2D eigenvalue weighted by Gasteiger charge is 2.62. The molecule has 0 radical (unpaired) electrons. The van der Waals surface area contributed by atoms with Crippen molar-refractivity contribution in [2.24, 2.45) is 17.6 Å². The van der Waals surface area contributed by atoms with Crippen LogP contribution in [0.15, 0.2) is 18.2 Å². The summed E-state index contributed by atoms with van der Waals surface area (Å²) in [7, 11) is -3.85. The van der Waals surface area contributed by atoms with Crippen molar-refractivity contribution in [3.8, 4) is 0 Å². The number of nitrogens with one attached hydrogen (secondary N) is 3. The normalized spacial score (nSPS) is 27.5. The van der Waals surface area contributed by atoms with Gasteiger partial charge in [0.15, 0.2) is 5.11 Å². The lowest BCUT2D eigenvalue weighted by Crippen LogP contribution is -2.59. The molecule has 0 unspecified atom stereocenters. The van der Waals surface area contributed by atoms with Crippen molar-refractivity contribution in [1.29, 1.82) is 0 Å². The monoisotopic (exact) mass is 722 g/mol. The number of fused-ring (bicyclic) bond motifs is 1. The molecule has 6 rings (SSSR count). The van der Waals surface area contributed by atoms with E-state index in [1.54, 1.807) is 6.07 Å². The van der Waals surface area contributed by atoms with Crippen LogP contribution in [0.25, 0.3) is 0 Å². The molecule has 0 spiro atoms. The van der Waals surface area contributed by atoms with Gasteiger partial charge in [-0.15, -0.1) is 0 Å². The third-order valence-electron chi connectivity index (χ3n) is 10.5. The molecule has 262 valence electrons. The maximum Gasteiger partial charge on any atom is 0.410 e. The standard InChI is InChI=1S/C32H43ClN6O7S2/c1-2-20-14-32(20,29(42)37-48(44,45)22-11-12-22)36-27(40)25-13-21(46-31(43)38-15-19-9-6-10-24(33)23(19)17-38)16-39(25)28(41)26(35-30(34)47)18-7-4-3-5-8-18/h6,9-10,18,20-22,25-26H,2-5,7-8,11-17H2,1H3,(H,36,40)(H,37,42)(H3,34,35,47)/t20-,21+,25-,26-,32+/m0/s1. The van der Waals surface area contributed by atoms with Gasteiger partial charge in [0, 0.05) is 18.0 Å². The summed E-state index contributed by atoms with van der Waals surface area (Å²) < 4.78 is 33.4. The summed E-state index contributed by atoms with van der Waals surface area (Å²) in [5.41, 5.74) is 6.21. The average Bonchev–Trinajstić information content (AvgIpc) is 3.94. The van der Waals surface area contributed by atoms with E-state index in [2.05, 4.69) is 15.4 Å². The first kappa shape index (κ1) is 34.7. The van der Waals surface area contributed by atoms with Crippen LogP contribution in [0.3, 0.4) is 0 Å². The first-order valence-corrected chi connectivity index (χ1v) is 19.1. The third kappa shape index (κ3) is 7.09. The third-order valence-corrected chi connectivity index (χ3v) is 12.8. The number of hydrogen-bond donors (Lipinski definition) is 4. The Kier molecular flexibility index (Phi) is 9.84. The average molecular weight is 723 g/mol. The molecule has 16 heteroatoms. The van der Waals surface area contributed by atoms with Crippen LogP contribution < -0.4 is 21.1 Å². The van der Waals surface area contributed by atoms with Crippen LogP contribution in [0.4, 0.5) is 4.79 Å². The number of rotatable bonds is 10. The smallest absolute Gasteiger partial charge is 0.410 e. The highest BCUT2D eigenvalue weighted by Crippen LogP contribution is 2.47. The molecular weight excluding hydrogens is 680 g/mol. The molecular formula is C32H43ClN6O7S2. The first-order valence-electron chi connectivity index (χ1n) is 16.8. The van der Waals surface area contributed by atoms with Crippen LogP contribution in [0, 0.1) is 11.8 Å². The van der Waals surface area contributed by atoms with Crippen molar-refractivity contribution in [2.45, 2.75) is 113 Å². The number of thiocarbonyl (C=S) groups is 1. The summed E-state index contributed by atoms with van der Waals surface area (Å²) in [6.07, 6.45) is 4.85. The summed E-state index contributed by atoms with van der Waals surface area (Å²) >= 11 is 11.5. The van der Waals surface area contributed by atoms with Crippen LogP contribution in [-0.2, 0) is 42.2 Å². The van der Waals surface area contributed by atoms with E-state index in [9.17, 15) is 27.6 Å². The number of carbonyl (C=O) groups is 4. The van der Waals surface area contributed by atoms with Crippen LogP contribution >= 0.6 is 23.8 Å². The van der Waals surface area contributed by atoms with Crippen molar-refractivity contribution < 1.29 is 32.3 Å². The number of likely N-dealkylation sites (tertiary alicyclic amines) is 1. The minimum absolute atomic E-state index is 0.00974. The second kappa shape index (κ2) is 13.6. The van der Waals surface area contributed by atoms with E-state index >= 15 is 0 Å². The highest BCUT2D eigenvalue weighted by atomic mass is 35.5. The largest absolute Gasteiger partial charge is 0.444 e. The Balaban J connectivity index is 1.22. The Hall–Kier alpha value is -3.17. The molecule has 3 saturated carbocycles. The molecule has 0 aromatic heterocycles. The fourth-order valence-corrected chi connectivity index (χ4v) is 9.32. The van der Waals surface area contributed by atoms with E-state index < -0.39 is 62.8 Å². The van der Waals surface area contributed by atoms with Gasteiger partial charge >= 0.3 is 6.09 Å². The van der Waals surface area contributed by atoms with Crippen LogP contribution in [0.5, 0.6) is 0 Å². The van der Waals surface area contributed by atoms with E-state index in [0.29, 0.717) is 30.8 Å². The Morgan fingerprint density at radius 3 is 2.48 bits per heavy atom. The van der Waals surface area contributed by atoms with Crippen molar-refractivity contribution in [3.63, 3.8) is 0 Å². The number of benzene rings is 1. The summed E-state index contributed by atoms with van der Waals surface area (Å²) in [6, 6.07) is 3.60. The minimum Gasteiger partial charge on any atom is -0.444 e. The topological polar surface area (TPSA) is 180 Å². The van der Waals surface area contributed by atoms with Gasteiger partial charge in [-0.3, -0.25) is 24.0 Å². The Bertz CT molecular complexity index is 1600. The van der Waals surface area contributed by atoms with Gasteiger partial charge in [0.2, 0.25) is 21.8 Å². The SMILES string of the molecule is CC[C@H]1C[C@]1(NC(=O)[C@@H]1C[C@@H](OC(=O)N2Cc3cccc(Cl)c3C2)CN1C(=O)[C@@H](NC(N)=S)C1CCCCC1)C(=O)NS(=O)(=O)C1CC1. The zero-order valence-electron chi connectivity index (χ0n) is 26.9. The van der Waals surface area contributed by atoms with Gasteiger partial charge < -0.3 is 26.0 Å². The molecule has 3 aliphatic carbocycles. The number of carbonyl (C=O) groups excluding carboxylic acids is 4. The molecule has 4 fully saturated rings. The van der Waals surface area contributed by atoms with Crippen molar-refractivity contribution in [2.75, 3.05) is 6.54 Å². The van der Waals surface area contributed by atoms with Gasteiger partial charge in [-0.1, -0.05) is 56.3 Å². The minimum atomic E-state index is -3.85. The zero-order chi connectivity index (χ0) is 34.4. The van der Waals surface area contributed by atoms with Crippen molar-refractivity contribution in [1.82, 2.24) is 25.2 Å². The molecule has 48 heavy (non-hydrogen) atoms. The Morgan fingerprint density at radius 1 is 1.12 bits per heavy atom. The van der Waals surface area contributed by atoms with Crippen molar-refractivity contribution in [3.05, 3.63) is 34.3 Å². The summed E-state index contributed by atoms with van der Waals surface area (Å²) in [6.45, 7) is 2.39. The van der Waals surface area contributed by atoms with Gasteiger partial charge in [-0.05, 0) is 73.4 Å². The fourth-order valence-electron chi connectivity index (χ4n) is 7.58. The number of nitrogens with two attached hydrogens (primary N) is 1. The second-order valence-electron chi connectivity index (χ2n) is 13.8. The Labute approximate surface area is 291 Å². The lowest BCUT2D eigenvalue weighted by Gasteiger charge is -2.35. The number of hydrogen-bond acceptors (Lipinski definition) is 8. The van der Waals surface area contributed by atoms with E-state index in [4.69, 9.17) is 34.3 Å². The summed E-state index contributed by atoms with van der Waals surface area (Å²) in [5, 5.41) is 5.72. The molecule has 1 saturated heterocycles. The summed E-state index contributed by atoms with van der Waals surface area (Å²) in [5.74, 6) is -2.12. The van der Waals surface area contributed by atoms with Crippen LogP contribution in [0.1, 0.15) is 82.3 Å². The molecule has 13 nitrogen and oxygen atoms in total. The van der Waals surface area contributed by atoms with E-state index in [0.717, 1.165) is 43.2 Å². The van der Waals surface area contributed by atoms with Crippen LogP contribution in [0.2, 0.25) is 5.02 Å². The predicted molar refractivity (Wildman–Crippen MR) is 181 cm³/mol. The number of amides is 4. The fraction of sp³-hybridized carbons (Fsp3) is 0.656. The van der Waals surface area contributed by atoms with Gasteiger partial charge in [-0.2, -0.15) is 0 Å². The number of ether oxygens (including phenoxy) is 1. The van der Waals surface area contributed by atoms with Crippen molar-refractivity contribution >= 4 is 62.8 Å². The predicted octanol–water partition coefficient (Wildman–Crippen LogP) is 2.44. The molecule has 5 N–H and O–H groups in total. The number of halogens is 1. The highest BCUT2D eigenvalue weighted by molar-refractivity contribution is 7.91. The first-order chi connectivity index (χ1) is 22.8. The van der Waals surface area contributed by atoms with Gasteiger partial charge in [0.1, 0.15) is 23.7 Å². The second-order valence-corrected chi connectivity index (χ2v) is 16.6. The molecule has 0 bridgehead atoms. The molecule has 2 heterocycles. The van der Waals surface area contributed by atoms with E-state index in [-0.39, 0.29) is 42.9 Å². The van der Waals surface area contributed by atoms with Gasteiger partial charge in [0.05, 0.1) is 18.3 Å². The number of sulfonamides is 1. The molecule has 1 aromatic rings.